The second-order valence-electron chi connectivity index (χ2n) is 10.4. The quantitative estimate of drug-likeness (QED) is 0.530. The van der Waals surface area contributed by atoms with E-state index >= 15 is 0 Å². The number of aryl methyl sites for hydroxylation is 1. The lowest BCUT2D eigenvalue weighted by Gasteiger charge is -2.32. The fourth-order valence-electron chi connectivity index (χ4n) is 4.54. The Morgan fingerprint density at radius 3 is 2.29 bits per heavy atom. The van der Waals surface area contributed by atoms with Gasteiger partial charge in [0.1, 0.15) is 11.8 Å². The molecular weight excluding hydrogens is 424 g/mol. The van der Waals surface area contributed by atoms with E-state index in [9.17, 15) is 9.59 Å². The Labute approximate surface area is 204 Å². The first-order valence-electron chi connectivity index (χ1n) is 12.6. The summed E-state index contributed by atoms with van der Waals surface area (Å²) in [7, 11) is 0. The maximum absolute atomic E-state index is 13.4. The van der Waals surface area contributed by atoms with Crippen molar-refractivity contribution in [2.45, 2.75) is 90.8 Å². The van der Waals surface area contributed by atoms with E-state index in [1.807, 2.05) is 62.4 Å². The molecule has 2 aromatic carbocycles. The van der Waals surface area contributed by atoms with Gasteiger partial charge in [0, 0.05) is 12.6 Å². The van der Waals surface area contributed by atoms with E-state index < -0.39 is 6.04 Å². The number of benzene rings is 2. The molecule has 2 amide bonds. The van der Waals surface area contributed by atoms with E-state index in [2.05, 4.69) is 26.1 Å². The van der Waals surface area contributed by atoms with Crippen molar-refractivity contribution in [1.82, 2.24) is 10.2 Å². The Hall–Kier alpha value is -2.82. The molecule has 0 radical (unpaired) electrons. The minimum Gasteiger partial charge on any atom is -0.484 e. The van der Waals surface area contributed by atoms with E-state index in [1.54, 1.807) is 4.90 Å². The van der Waals surface area contributed by atoms with Gasteiger partial charge in [0.25, 0.3) is 5.91 Å². The standard InChI is InChI=1S/C29H40N2O3/c1-6-26(28(33)30-24-13-9-10-14-24)31(19-22-12-8-7-11-21(22)2)27(32)20-34-25-17-15-23(16-18-25)29(3,4)5/h7-8,11-12,15-18,24,26H,6,9-10,13-14,19-20H2,1-5H3,(H,30,33). The lowest BCUT2D eigenvalue weighted by Crippen LogP contribution is -2.52. The molecule has 1 fully saturated rings. The van der Waals surface area contributed by atoms with E-state index in [0.717, 1.165) is 36.8 Å². The second-order valence-corrected chi connectivity index (χ2v) is 10.4. The van der Waals surface area contributed by atoms with Crippen LogP contribution in [0, 0.1) is 6.92 Å². The van der Waals surface area contributed by atoms with Crippen molar-refractivity contribution in [3.63, 3.8) is 0 Å². The number of hydrogen-bond acceptors (Lipinski definition) is 3. The Morgan fingerprint density at radius 1 is 1.06 bits per heavy atom. The van der Waals surface area contributed by atoms with Crippen LogP contribution in [0.5, 0.6) is 5.75 Å². The minimum atomic E-state index is -0.528. The van der Waals surface area contributed by atoms with Crippen molar-refractivity contribution in [2.75, 3.05) is 6.61 Å². The number of rotatable bonds is 9. The first kappa shape index (κ1) is 25.8. The molecule has 1 N–H and O–H groups in total. The van der Waals surface area contributed by atoms with Gasteiger partial charge < -0.3 is 15.0 Å². The third kappa shape index (κ3) is 6.85. The van der Waals surface area contributed by atoms with Crippen molar-refractivity contribution in [1.29, 1.82) is 0 Å². The van der Waals surface area contributed by atoms with Gasteiger partial charge in [-0.25, -0.2) is 0 Å². The van der Waals surface area contributed by atoms with Crippen LogP contribution in [0.2, 0.25) is 0 Å². The molecule has 0 aliphatic heterocycles. The highest BCUT2D eigenvalue weighted by Crippen LogP contribution is 2.25. The van der Waals surface area contributed by atoms with Crippen LogP contribution in [0.1, 0.15) is 76.5 Å². The zero-order valence-corrected chi connectivity index (χ0v) is 21.4. The monoisotopic (exact) mass is 464 g/mol. The largest absolute Gasteiger partial charge is 0.484 e. The highest BCUT2D eigenvalue weighted by atomic mass is 16.5. The van der Waals surface area contributed by atoms with Gasteiger partial charge >= 0.3 is 0 Å². The number of ether oxygens (including phenoxy) is 1. The van der Waals surface area contributed by atoms with Crippen molar-refractivity contribution in [3.8, 4) is 5.75 Å². The normalized spacial score (nSPS) is 15.1. The van der Waals surface area contributed by atoms with Crippen molar-refractivity contribution < 1.29 is 14.3 Å². The third-order valence-corrected chi connectivity index (χ3v) is 6.77. The summed E-state index contributed by atoms with van der Waals surface area (Å²) in [4.78, 5) is 28.3. The molecule has 1 saturated carbocycles. The van der Waals surface area contributed by atoms with Crippen LogP contribution in [-0.2, 0) is 21.5 Å². The van der Waals surface area contributed by atoms with Crippen LogP contribution in [-0.4, -0.2) is 35.4 Å². The van der Waals surface area contributed by atoms with Crippen LogP contribution in [0.4, 0.5) is 0 Å². The van der Waals surface area contributed by atoms with Gasteiger partial charge in [-0.05, 0) is 60.4 Å². The van der Waals surface area contributed by atoms with Crippen LogP contribution in [0.3, 0.4) is 0 Å². The fraction of sp³-hybridized carbons (Fsp3) is 0.517. The zero-order valence-electron chi connectivity index (χ0n) is 21.4. The molecule has 1 unspecified atom stereocenters. The molecular formula is C29H40N2O3. The van der Waals surface area contributed by atoms with E-state index in [1.165, 1.54) is 5.56 Å². The number of nitrogens with zero attached hydrogens (tertiary/aromatic N) is 1. The summed E-state index contributed by atoms with van der Waals surface area (Å²) >= 11 is 0. The SMILES string of the molecule is CCC(C(=O)NC1CCCC1)N(Cc1ccccc1C)C(=O)COc1ccc(C(C)(C)C)cc1. The maximum Gasteiger partial charge on any atom is 0.261 e. The smallest absolute Gasteiger partial charge is 0.261 e. The molecule has 0 aromatic heterocycles. The molecule has 184 valence electrons. The Morgan fingerprint density at radius 2 is 1.71 bits per heavy atom. The third-order valence-electron chi connectivity index (χ3n) is 6.77. The Bertz CT molecular complexity index is 956. The molecule has 5 nitrogen and oxygen atoms in total. The molecule has 1 atom stereocenters. The van der Waals surface area contributed by atoms with Crippen LogP contribution in [0.15, 0.2) is 48.5 Å². The maximum atomic E-state index is 13.4. The molecule has 3 rings (SSSR count). The first-order chi connectivity index (χ1) is 16.2. The predicted octanol–water partition coefficient (Wildman–Crippen LogP) is 5.54. The van der Waals surface area contributed by atoms with Gasteiger partial charge in [-0.1, -0.05) is 76.9 Å². The van der Waals surface area contributed by atoms with Crippen LogP contribution < -0.4 is 10.1 Å². The molecule has 2 aromatic rings. The van der Waals surface area contributed by atoms with Gasteiger partial charge in [-0.3, -0.25) is 9.59 Å². The highest BCUT2D eigenvalue weighted by molar-refractivity contribution is 5.88. The van der Waals surface area contributed by atoms with Crippen molar-refractivity contribution >= 4 is 11.8 Å². The predicted molar refractivity (Wildman–Crippen MR) is 137 cm³/mol. The van der Waals surface area contributed by atoms with Gasteiger partial charge in [0.2, 0.25) is 5.91 Å². The van der Waals surface area contributed by atoms with Crippen LogP contribution >= 0.6 is 0 Å². The van der Waals surface area contributed by atoms with Crippen molar-refractivity contribution in [3.05, 3.63) is 65.2 Å². The average molecular weight is 465 g/mol. The van der Waals surface area contributed by atoms with Gasteiger partial charge in [-0.15, -0.1) is 0 Å². The number of nitrogens with one attached hydrogen (secondary N) is 1. The number of carbonyl (C=O) groups is 2. The summed E-state index contributed by atoms with van der Waals surface area (Å²) < 4.78 is 5.87. The van der Waals surface area contributed by atoms with Gasteiger partial charge in [0.05, 0.1) is 0 Å². The molecule has 1 aliphatic carbocycles. The summed E-state index contributed by atoms with van der Waals surface area (Å²) in [6, 6.07) is 15.6. The van der Waals surface area contributed by atoms with Crippen LogP contribution in [0.25, 0.3) is 0 Å². The lowest BCUT2D eigenvalue weighted by atomic mass is 9.87. The lowest BCUT2D eigenvalue weighted by molar-refractivity contribution is -0.143. The van der Waals surface area contributed by atoms with E-state index in [0.29, 0.717) is 18.7 Å². The Kier molecular flexibility index (Phi) is 8.76. The molecule has 0 saturated heterocycles. The van der Waals surface area contributed by atoms with Gasteiger partial charge in [0.15, 0.2) is 6.61 Å². The molecule has 1 aliphatic rings. The molecule has 0 bridgehead atoms. The summed E-state index contributed by atoms with van der Waals surface area (Å²) in [6.07, 6.45) is 4.88. The summed E-state index contributed by atoms with van der Waals surface area (Å²) in [5, 5.41) is 3.19. The first-order valence-corrected chi connectivity index (χ1v) is 12.6. The topological polar surface area (TPSA) is 58.6 Å². The molecule has 0 heterocycles. The molecule has 5 heteroatoms. The average Bonchev–Trinajstić information content (AvgIpc) is 3.31. The zero-order chi connectivity index (χ0) is 24.7. The fourth-order valence-corrected chi connectivity index (χ4v) is 4.54. The molecule has 34 heavy (non-hydrogen) atoms. The summed E-state index contributed by atoms with van der Waals surface area (Å²) in [5.74, 6) is 0.406. The number of carbonyl (C=O) groups excluding carboxylic acids is 2. The Balaban J connectivity index is 1.75. The van der Waals surface area contributed by atoms with Gasteiger partial charge in [-0.2, -0.15) is 0 Å². The second kappa shape index (κ2) is 11.5. The van der Waals surface area contributed by atoms with Crippen molar-refractivity contribution in [2.24, 2.45) is 0 Å². The number of hydrogen-bond donors (Lipinski definition) is 1. The highest BCUT2D eigenvalue weighted by Gasteiger charge is 2.31. The summed E-state index contributed by atoms with van der Waals surface area (Å²) in [5.41, 5.74) is 3.41. The number of amides is 2. The molecule has 0 spiro atoms. The van der Waals surface area contributed by atoms with E-state index in [4.69, 9.17) is 4.74 Å². The summed E-state index contributed by atoms with van der Waals surface area (Å²) in [6.45, 7) is 10.8. The minimum absolute atomic E-state index is 0.0553. The van der Waals surface area contributed by atoms with E-state index in [-0.39, 0.29) is 29.9 Å².